The lowest BCUT2D eigenvalue weighted by Crippen LogP contribution is -2.26. The standard InChI is InChI=1S/C24H27N5O2/c1-15(2)13-25-23(31-3)16-8-10-18(11-9-16)27-24-26-14-17-12-21(30)28-20-7-5-4-6-19(20)22(17)29-24/h4-11,14-15,23,25H,12-13H2,1-3H3,(H,28,30)(H,26,27,29). The van der Waals surface area contributed by atoms with E-state index >= 15 is 0 Å². The van der Waals surface area contributed by atoms with Crippen LogP contribution in [0.2, 0.25) is 0 Å². The molecule has 1 aromatic heterocycles. The number of fused-ring (bicyclic) bond motifs is 3. The molecule has 1 aliphatic rings. The van der Waals surface area contributed by atoms with E-state index in [9.17, 15) is 4.79 Å². The Balaban J connectivity index is 1.55. The van der Waals surface area contributed by atoms with E-state index in [-0.39, 0.29) is 18.6 Å². The van der Waals surface area contributed by atoms with E-state index in [1.807, 2.05) is 48.5 Å². The van der Waals surface area contributed by atoms with Crippen LogP contribution in [-0.2, 0) is 16.0 Å². The van der Waals surface area contributed by atoms with Crippen LogP contribution in [0.5, 0.6) is 0 Å². The Bertz CT molecular complexity index is 1070. The maximum Gasteiger partial charge on any atom is 0.228 e. The van der Waals surface area contributed by atoms with Gasteiger partial charge in [-0.25, -0.2) is 9.97 Å². The van der Waals surface area contributed by atoms with Crippen LogP contribution in [0.1, 0.15) is 31.2 Å². The third-order valence-electron chi connectivity index (χ3n) is 5.09. The zero-order valence-electron chi connectivity index (χ0n) is 18.0. The number of anilines is 3. The van der Waals surface area contributed by atoms with Crippen molar-refractivity contribution >= 4 is 23.2 Å². The van der Waals surface area contributed by atoms with Crippen molar-refractivity contribution < 1.29 is 9.53 Å². The van der Waals surface area contributed by atoms with Crippen LogP contribution < -0.4 is 16.0 Å². The lowest BCUT2D eigenvalue weighted by atomic mass is 10.1. The van der Waals surface area contributed by atoms with Crippen molar-refractivity contribution in [3.05, 3.63) is 65.9 Å². The van der Waals surface area contributed by atoms with Gasteiger partial charge in [0.05, 0.1) is 17.8 Å². The number of hydrogen-bond acceptors (Lipinski definition) is 6. The number of amides is 1. The summed E-state index contributed by atoms with van der Waals surface area (Å²) in [6, 6.07) is 15.7. The first-order chi connectivity index (χ1) is 15.0. The first kappa shape index (κ1) is 21.0. The molecule has 2 aromatic carbocycles. The molecule has 2 heterocycles. The van der Waals surface area contributed by atoms with E-state index in [1.54, 1.807) is 13.3 Å². The minimum atomic E-state index is -0.151. The Kier molecular flexibility index (Phi) is 6.25. The molecule has 7 heteroatoms. The minimum absolute atomic E-state index is 0.0649. The van der Waals surface area contributed by atoms with E-state index in [0.717, 1.165) is 40.3 Å². The molecule has 0 aliphatic carbocycles. The topological polar surface area (TPSA) is 88.2 Å². The fourth-order valence-electron chi connectivity index (χ4n) is 3.55. The fourth-order valence-corrected chi connectivity index (χ4v) is 3.55. The molecule has 160 valence electrons. The van der Waals surface area contributed by atoms with Gasteiger partial charge in [-0.1, -0.05) is 44.2 Å². The van der Waals surface area contributed by atoms with Gasteiger partial charge in [0.1, 0.15) is 6.23 Å². The van der Waals surface area contributed by atoms with Crippen LogP contribution in [-0.4, -0.2) is 29.5 Å². The third kappa shape index (κ3) is 4.90. The van der Waals surface area contributed by atoms with Gasteiger partial charge >= 0.3 is 0 Å². The lowest BCUT2D eigenvalue weighted by Gasteiger charge is -2.19. The lowest BCUT2D eigenvalue weighted by molar-refractivity contribution is -0.115. The quantitative estimate of drug-likeness (QED) is 0.498. The molecule has 0 radical (unpaired) electrons. The van der Waals surface area contributed by atoms with Crippen molar-refractivity contribution in [1.29, 1.82) is 0 Å². The number of methoxy groups -OCH3 is 1. The fraction of sp³-hybridized carbons (Fsp3) is 0.292. The van der Waals surface area contributed by atoms with Crippen LogP contribution >= 0.6 is 0 Å². The SMILES string of the molecule is COC(NCC(C)C)c1ccc(Nc2ncc3c(n2)-c2ccccc2NC(=O)C3)cc1. The highest BCUT2D eigenvalue weighted by molar-refractivity contribution is 5.99. The van der Waals surface area contributed by atoms with Crippen LogP contribution in [0.3, 0.4) is 0 Å². The minimum Gasteiger partial charge on any atom is -0.362 e. The largest absolute Gasteiger partial charge is 0.362 e. The van der Waals surface area contributed by atoms with E-state index in [4.69, 9.17) is 9.72 Å². The van der Waals surface area contributed by atoms with E-state index < -0.39 is 0 Å². The van der Waals surface area contributed by atoms with Crippen molar-refractivity contribution in [3.8, 4) is 11.3 Å². The van der Waals surface area contributed by atoms with Crippen LogP contribution in [0.4, 0.5) is 17.3 Å². The molecular weight excluding hydrogens is 390 g/mol. The van der Waals surface area contributed by atoms with Crippen LogP contribution in [0.15, 0.2) is 54.7 Å². The number of rotatable bonds is 7. The summed E-state index contributed by atoms with van der Waals surface area (Å²) in [7, 11) is 1.70. The van der Waals surface area contributed by atoms with Gasteiger partial charge in [-0.2, -0.15) is 0 Å². The average Bonchev–Trinajstić information content (AvgIpc) is 2.90. The Labute approximate surface area is 182 Å². The van der Waals surface area contributed by atoms with Crippen molar-refractivity contribution in [3.63, 3.8) is 0 Å². The van der Waals surface area contributed by atoms with Crippen LogP contribution in [0, 0.1) is 5.92 Å². The summed E-state index contributed by atoms with van der Waals surface area (Å²) in [5.74, 6) is 0.960. The zero-order valence-corrected chi connectivity index (χ0v) is 18.0. The number of para-hydroxylation sites is 1. The number of nitrogens with zero attached hydrogens (tertiary/aromatic N) is 2. The number of ether oxygens (including phenoxy) is 1. The highest BCUT2D eigenvalue weighted by atomic mass is 16.5. The molecular formula is C24H27N5O2. The highest BCUT2D eigenvalue weighted by Gasteiger charge is 2.20. The predicted molar refractivity (Wildman–Crippen MR) is 122 cm³/mol. The second-order valence-electron chi connectivity index (χ2n) is 8.00. The van der Waals surface area contributed by atoms with Crippen molar-refractivity contribution in [2.24, 2.45) is 5.92 Å². The van der Waals surface area contributed by atoms with E-state index in [0.29, 0.717) is 11.9 Å². The van der Waals surface area contributed by atoms with Crippen molar-refractivity contribution in [2.45, 2.75) is 26.5 Å². The molecule has 31 heavy (non-hydrogen) atoms. The summed E-state index contributed by atoms with van der Waals surface area (Å²) >= 11 is 0. The molecule has 1 amide bonds. The van der Waals surface area contributed by atoms with Gasteiger partial charge in [0.15, 0.2) is 0 Å². The summed E-state index contributed by atoms with van der Waals surface area (Å²) in [6.07, 6.45) is 1.82. The number of hydrogen-bond donors (Lipinski definition) is 3. The molecule has 3 N–H and O–H groups in total. The Hall–Kier alpha value is -3.29. The second-order valence-corrected chi connectivity index (χ2v) is 8.00. The summed E-state index contributed by atoms with van der Waals surface area (Å²) in [4.78, 5) is 21.3. The summed E-state index contributed by atoms with van der Waals surface area (Å²) < 4.78 is 5.57. The molecule has 1 aliphatic heterocycles. The third-order valence-corrected chi connectivity index (χ3v) is 5.09. The summed E-state index contributed by atoms with van der Waals surface area (Å²) in [6.45, 7) is 5.20. The highest BCUT2D eigenvalue weighted by Crippen LogP contribution is 2.32. The summed E-state index contributed by atoms with van der Waals surface area (Å²) in [5.41, 5.74) is 5.15. The Morgan fingerprint density at radius 2 is 1.90 bits per heavy atom. The number of aromatic nitrogens is 2. The first-order valence-corrected chi connectivity index (χ1v) is 10.4. The molecule has 3 aromatic rings. The zero-order chi connectivity index (χ0) is 21.8. The predicted octanol–water partition coefficient (Wildman–Crippen LogP) is 4.27. The molecule has 7 nitrogen and oxygen atoms in total. The number of nitrogens with one attached hydrogen (secondary N) is 3. The molecule has 0 bridgehead atoms. The van der Waals surface area contributed by atoms with Crippen LogP contribution in [0.25, 0.3) is 11.3 Å². The van der Waals surface area contributed by atoms with Gasteiger partial charge in [0.25, 0.3) is 0 Å². The maximum atomic E-state index is 12.2. The maximum absolute atomic E-state index is 12.2. The van der Waals surface area contributed by atoms with Gasteiger partial charge in [-0.05, 0) is 29.7 Å². The number of carbonyl (C=O) groups excluding carboxylic acids is 1. The van der Waals surface area contributed by atoms with Gasteiger partial charge in [0.2, 0.25) is 11.9 Å². The molecule has 0 fully saturated rings. The van der Waals surface area contributed by atoms with Gasteiger partial charge in [-0.3, -0.25) is 10.1 Å². The van der Waals surface area contributed by atoms with Gasteiger partial charge in [-0.15, -0.1) is 0 Å². The monoisotopic (exact) mass is 417 g/mol. The van der Waals surface area contributed by atoms with Crippen molar-refractivity contribution in [2.75, 3.05) is 24.3 Å². The first-order valence-electron chi connectivity index (χ1n) is 10.4. The molecule has 0 saturated heterocycles. The smallest absolute Gasteiger partial charge is 0.228 e. The molecule has 0 saturated carbocycles. The van der Waals surface area contributed by atoms with Gasteiger partial charge < -0.3 is 15.4 Å². The normalized spacial score (nSPS) is 13.7. The van der Waals surface area contributed by atoms with E-state index in [1.165, 1.54) is 0 Å². The number of benzene rings is 2. The molecule has 1 atom stereocenters. The van der Waals surface area contributed by atoms with E-state index in [2.05, 4.69) is 34.8 Å². The molecule has 1 unspecified atom stereocenters. The average molecular weight is 418 g/mol. The second kappa shape index (κ2) is 9.24. The Morgan fingerprint density at radius 1 is 1.13 bits per heavy atom. The Morgan fingerprint density at radius 3 is 2.65 bits per heavy atom. The molecule has 0 spiro atoms. The van der Waals surface area contributed by atoms with Gasteiger partial charge in [0, 0.05) is 36.7 Å². The van der Waals surface area contributed by atoms with Crippen molar-refractivity contribution in [1.82, 2.24) is 15.3 Å². The molecule has 4 rings (SSSR count). The summed E-state index contributed by atoms with van der Waals surface area (Å²) in [5, 5.41) is 9.60. The number of carbonyl (C=O) groups is 1.